The number of imidazole rings is 1. The van der Waals surface area contributed by atoms with Gasteiger partial charge in [0, 0.05) is 25.6 Å². The van der Waals surface area contributed by atoms with Gasteiger partial charge in [-0.1, -0.05) is 0 Å². The first-order valence-corrected chi connectivity index (χ1v) is 9.87. The minimum absolute atomic E-state index is 0.202. The van der Waals surface area contributed by atoms with Crippen LogP contribution in [0.5, 0.6) is 0 Å². The van der Waals surface area contributed by atoms with Gasteiger partial charge in [-0.15, -0.1) is 0 Å². The number of hydrogen-bond donors (Lipinski definition) is 1. The molecule has 1 aromatic carbocycles. The highest BCUT2D eigenvalue weighted by atomic mass is 32.1. The molecule has 0 bridgehead atoms. The van der Waals surface area contributed by atoms with Gasteiger partial charge in [0.1, 0.15) is 11.6 Å². The Balaban J connectivity index is 1.74. The number of nitrogens with zero attached hydrogens (tertiary/aromatic N) is 5. The van der Waals surface area contributed by atoms with E-state index in [-0.39, 0.29) is 17.9 Å². The van der Waals surface area contributed by atoms with Crippen LogP contribution in [0.1, 0.15) is 41.8 Å². The lowest BCUT2D eigenvalue weighted by atomic mass is 10.1. The molecular weight excluding hydrogens is 395 g/mol. The first kappa shape index (κ1) is 19.2. The Hall–Kier alpha value is -3.14. The van der Waals surface area contributed by atoms with Gasteiger partial charge in [0.05, 0.1) is 11.7 Å². The fraction of sp³-hybridized carbons (Fsp3) is 0.316. The molecule has 0 aliphatic carbocycles. The average molecular weight is 414 g/mol. The van der Waals surface area contributed by atoms with Crippen LogP contribution in [0.25, 0.3) is 10.8 Å². The van der Waals surface area contributed by atoms with Crippen LogP contribution in [0, 0.1) is 12.7 Å². The van der Waals surface area contributed by atoms with Crippen LogP contribution < -0.4 is 5.32 Å². The summed E-state index contributed by atoms with van der Waals surface area (Å²) in [6, 6.07) is 5.13. The highest BCUT2D eigenvalue weighted by Crippen LogP contribution is 2.36. The molecule has 150 valence electrons. The maximum Gasteiger partial charge on any atom is 0.254 e. The lowest BCUT2D eigenvalue weighted by Crippen LogP contribution is -2.41. The maximum atomic E-state index is 13.2. The summed E-state index contributed by atoms with van der Waals surface area (Å²) in [4.78, 5) is 35.4. The zero-order chi connectivity index (χ0) is 20.7. The fourth-order valence-electron chi connectivity index (χ4n) is 3.51. The third-order valence-corrected chi connectivity index (χ3v) is 5.60. The molecule has 29 heavy (non-hydrogen) atoms. The molecule has 3 aromatic rings. The largest absolute Gasteiger partial charge is 0.328 e. The van der Waals surface area contributed by atoms with E-state index in [0.717, 1.165) is 5.69 Å². The van der Waals surface area contributed by atoms with Gasteiger partial charge in [0.15, 0.2) is 16.6 Å². The second kappa shape index (κ2) is 7.36. The fourth-order valence-corrected chi connectivity index (χ4v) is 4.18. The lowest BCUT2D eigenvalue weighted by molar-refractivity contribution is -0.114. The van der Waals surface area contributed by atoms with Crippen LogP contribution in [0.2, 0.25) is 0 Å². The number of benzene rings is 1. The molecule has 10 heteroatoms. The number of carbonyl (C=O) groups is 2. The Bertz CT molecular complexity index is 1090. The predicted octanol–water partition coefficient (Wildman–Crippen LogP) is 3.02. The standard InChI is InChI=1S/C19H19FN6O2S/c1-10-15-16(22-12(3)27)23-17(18-21-11(2)24-29-18)26(15)9-8-25(10)19(28)13-4-6-14(20)7-5-13/h4-7,10H,8-9H2,1-3H3,(H,22,27). The number of amides is 2. The number of aromatic nitrogens is 4. The van der Waals surface area contributed by atoms with Gasteiger partial charge in [0.25, 0.3) is 5.91 Å². The van der Waals surface area contributed by atoms with Crippen molar-refractivity contribution in [2.45, 2.75) is 33.4 Å². The highest BCUT2D eigenvalue weighted by Gasteiger charge is 2.34. The van der Waals surface area contributed by atoms with Crippen molar-refractivity contribution < 1.29 is 14.0 Å². The van der Waals surface area contributed by atoms with Crippen molar-refractivity contribution in [3.8, 4) is 10.8 Å². The molecule has 0 saturated carbocycles. The van der Waals surface area contributed by atoms with E-state index >= 15 is 0 Å². The highest BCUT2D eigenvalue weighted by molar-refractivity contribution is 7.09. The quantitative estimate of drug-likeness (QED) is 0.711. The summed E-state index contributed by atoms with van der Waals surface area (Å²) in [5, 5.41) is 3.42. The third-order valence-electron chi connectivity index (χ3n) is 4.80. The van der Waals surface area contributed by atoms with Crippen LogP contribution in [0.3, 0.4) is 0 Å². The van der Waals surface area contributed by atoms with Crippen molar-refractivity contribution in [1.82, 2.24) is 23.8 Å². The monoisotopic (exact) mass is 414 g/mol. The van der Waals surface area contributed by atoms with Crippen molar-refractivity contribution in [1.29, 1.82) is 0 Å². The van der Waals surface area contributed by atoms with Crippen molar-refractivity contribution in [3.63, 3.8) is 0 Å². The summed E-state index contributed by atoms with van der Waals surface area (Å²) in [5.74, 6) is 0.836. The van der Waals surface area contributed by atoms with Gasteiger partial charge >= 0.3 is 0 Å². The molecule has 4 rings (SSSR count). The molecule has 0 saturated heterocycles. The van der Waals surface area contributed by atoms with E-state index in [2.05, 4.69) is 19.7 Å². The van der Waals surface area contributed by atoms with Crippen molar-refractivity contribution >= 4 is 29.2 Å². The van der Waals surface area contributed by atoms with Crippen LogP contribution in [0.4, 0.5) is 10.2 Å². The molecule has 3 heterocycles. The molecule has 8 nitrogen and oxygen atoms in total. The normalized spacial score (nSPS) is 15.9. The van der Waals surface area contributed by atoms with Crippen molar-refractivity contribution in [3.05, 3.63) is 47.2 Å². The van der Waals surface area contributed by atoms with E-state index < -0.39 is 5.82 Å². The summed E-state index contributed by atoms with van der Waals surface area (Å²) in [6.07, 6.45) is 0. The van der Waals surface area contributed by atoms with E-state index in [0.29, 0.717) is 41.1 Å². The smallest absolute Gasteiger partial charge is 0.254 e. The first-order chi connectivity index (χ1) is 13.8. The van der Waals surface area contributed by atoms with Gasteiger partial charge < -0.3 is 14.8 Å². The Morgan fingerprint density at radius 1 is 1.21 bits per heavy atom. The Labute approximate surface area is 170 Å². The summed E-state index contributed by atoms with van der Waals surface area (Å²) < 4.78 is 19.4. The molecule has 1 unspecified atom stereocenters. The molecule has 1 aliphatic heterocycles. The zero-order valence-corrected chi connectivity index (χ0v) is 17.0. The SMILES string of the molecule is CC(=O)Nc1nc(-c2nc(C)ns2)n2c1C(C)N(C(=O)c1ccc(F)cc1)CC2. The summed E-state index contributed by atoms with van der Waals surface area (Å²) in [7, 11) is 0. The van der Waals surface area contributed by atoms with E-state index in [4.69, 9.17) is 0 Å². The maximum absolute atomic E-state index is 13.2. The number of carbonyl (C=O) groups excluding carboxylic acids is 2. The van der Waals surface area contributed by atoms with Crippen LogP contribution in [-0.4, -0.2) is 42.2 Å². The number of rotatable bonds is 3. The Morgan fingerprint density at radius 3 is 2.55 bits per heavy atom. The van der Waals surface area contributed by atoms with E-state index in [1.54, 1.807) is 11.8 Å². The second-order valence-corrected chi connectivity index (χ2v) is 7.58. The predicted molar refractivity (Wildman–Crippen MR) is 106 cm³/mol. The third kappa shape index (κ3) is 3.51. The Kier molecular flexibility index (Phi) is 4.87. The molecule has 1 N–H and O–H groups in total. The van der Waals surface area contributed by atoms with Crippen molar-refractivity contribution in [2.24, 2.45) is 0 Å². The minimum atomic E-state index is -0.392. The topological polar surface area (TPSA) is 93.0 Å². The number of hydrogen-bond acceptors (Lipinski definition) is 6. The number of halogens is 1. The molecule has 0 fully saturated rings. The minimum Gasteiger partial charge on any atom is -0.328 e. The molecular formula is C19H19FN6O2S. The van der Waals surface area contributed by atoms with Crippen LogP contribution >= 0.6 is 11.5 Å². The summed E-state index contributed by atoms with van der Waals surface area (Å²) >= 11 is 1.24. The van der Waals surface area contributed by atoms with E-state index in [1.807, 2.05) is 11.5 Å². The first-order valence-electron chi connectivity index (χ1n) is 9.10. The van der Waals surface area contributed by atoms with Crippen LogP contribution in [-0.2, 0) is 11.3 Å². The van der Waals surface area contributed by atoms with Gasteiger partial charge in [0.2, 0.25) is 5.91 Å². The lowest BCUT2D eigenvalue weighted by Gasteiger charge is -2.35. The number of anilines is 1. The molecule has 0 radical (unpaired) electrons. The van der Waals surface area contributed by atoms with Gasteiger partial charge in [-0.2, -0.15) is 4.37 Å². The van der Waals surface area contributed by atoms with Gasteiger partial charge in [-0.05, 0) is 49.6 Å². The van der Waals surface area contributed by atoms with Gasteiger partial charge in [-0.25, -0.2) is 14.4 Å². The average Bonchev–Trinajstić information content (AvgIpc) is 3.26. The molecule has 1 atom stereocenters. The molecule has 2 amide bonds. The summed E-state index contributed by atoms with van der Waals surface area (Å²) in [6.45, 7) is 6.04. The van der Waals surface area contributed by atoms with Crippen molar-refractivity contribution in [2.75, 3.05) is 11.9 Å². The van der Waals surface area contributed by atoms with E-state index in [9.17, 15) is 14.0 Å². The second-order valence-electron chi connectivity index (χ2n) is 6.83. The number of nitrogens with one attached hydrogen (secondary N) is 1. The van der Waals surface area contributed by atoms with Crippen LogP contribution in [0.15, 0.2) is 24.3 Å². The van der Waals surface area contributed by atoms with Gasteiger partial charge in [-0.3, -0.25) is 9.59 Å². The number of aryl methyl sites for hydroxylation is 1. The number of fused-ring (bicyclic) bond motifs is 1. The molecule has 0 spiro atoms. The Morgan fingerprint density at radius 2 is 1.93 bits per heavy atom. The van der Waals surface area contributed by atoms with E-state index in [1.165, 1.54) is 42.7 Å². The molecule has 2 aromatic heterocycles. The zero-order valence-electron chi connectivity index (χ0n) is 16.1. The molecule has 1 aliphatic rings. The summed E-state index contributed by atoms with van der Waals surface area (Å²) in [5.41, 5.74) is 1.14.